The van der Waals surface area contributed by atoms with Crippen LogP contribution in [-0.4, -0.2) is 38.0 Å². The van der Waals surface area contributed by atoms with Crippen molar-refractivity contribution in [2.24, 2.45) is 0 Å². The number of para-hydroxylation sites is 1. The third-order valence-corrected chi connectivity index (χ3v) is 4.55. The molecule has 0 unspecified atom stereocenters. The van der Waals surface area contributed by atoms with Crippen molar-refractivity contribution in [2.75, 3.05) is 7.05 Å². The molecule has 1 saturated carbocycles. The van der Waals surface area contributed by atoms with Crippen molar-refractivity contribution in [1.82, 2.24) is 19.9 Å². The van der Waals surface area contributed by atoms with Crippen molar-refractivity contribution in [1.29, 1.82) is 0 Å². The monoisotopic (exact) mass is 348 g/mol. The predicted molar refractivity (Wildman–Crippen MR) is 97.2 cm³/mol. The largest absolute Gasteiger partial charge is 0.508 e. The number of nitrogens with zero attached hydrogens (tertiary/aromatic N) is 4. The van der Waals surface area contributed by atoms with Crippen LogP contribution in [0.25, 0.3) is 5.69 Å². The Morgan fingerprint density at radius 1 is 1.19 bits per heavy atom. The Labute approximate surface area is 151 Å². The normalized spacial score (nSPS) is 13.6. The van der Waals surface area contributed by atoms with Crippen LogP contribution in [0.3, 0.4) is 0 Å². The molecule has 2 aromatic carbocycles. The smallest absolute Gasteiger partial charge is 0.276 e. The van der Waals surface area contributed by atoms with Gasteiger partial charge in [-0.2, -0.15) is 0 Å². The van der Waals surface area contributed by atoms with Crippen LogP contribution in [0.5, 0.6) is 5.75 Å². The van der Waals surface area contributed by atoms with E-state index in [1.54, 1.807) is 34.8 Å². The molecule has 1 aromatic heterocycles. The van der Waals surface area contributed by atoms with Gasteiger partial charge in [0.1, 0.15) is 5.75 Å². The number of phenolic OH excluding ortho intramolecular Hbond substituents is 1. The highest BCUT2D eigenvalue weighted by Gasteiger charge is 2.35. The van der Waals surface area contributed by atoms with Crippen molar-refractivity contribution in [3.8, 4) is 11.4 Å². The van der Waals surface area contributed by atoms with Gasteiger partial charge in [0.05, 0.1) is 11.4 Å². The zero-order valence-electron chi connectivity index (χ0n) is 14.5. The van der Waals surface area contributed by atoms with Crippen LogP contribution in [0.15, 0.2) is 54.6 Å². The topological polar surface area (TPSA) is 71.2 Å². The van der Waals surface area contributed by atoms with E-state index in [4.69, 9.17) is 0 Å². The summed E-state index contributed by atoms with van der Waals surface area (Å²) in [6.45, 7) is 0.398. The van der Waals surface area contributed by atoms with Crippen molar-refractivity contribution >= 4 is 5.91 Å². The fourth-order valence-corrected chi connectivity index (χ4v) is 3.11. The lowest BCUT2D eigenvalue weighted by Crippen LogP contribution is -2.27. The Hall–Kier alpha value is -3.15. The van der Waals surface area contributed by atoms with E-state index in [2.05, 4.69) is 10.3 Å². The first-order valence-corrected chi connectivity index (χ1v) is 8.68. The van der Waals surface area contributed by atoms with E-state index in [1.807, 2.05) is 36.4 Å². The van der Waals surface area contributed by atoms with Crippen LogP contribution in [0.2, 0.25) is 0 Å². The summed E-state index contributed by atoms with van der Waals surface area (Å²) >= 11 is 0. The van der Waals surface area contributed by atoms with Gasteiger partial charge in [-0.1, -0.05) is 35.5 Å². The van der Waals surface area contributed by atoms with Crippen LogP contribution in [0, 0.1) is 0 Å². The Balaban J connectivity index is 1.63. The van der Waals surface area contributed by atoms with Crippen LogP contribution >= 0.6 is 0 Å². The van der Waals surface area contributed by atoms with Gasteiger partial charge in [-0.25, -0.2) is 4.68 Å². The average molecular weight is 348 g/mol. The summed E-state index contributed by atoms with van der Waals surface area (Å²) in [5.41, 5.74) is 3.09. The third kappa shape index (κ3) is 3.18. The second-order valence-corrected chi connectivity index (χ2v) is 6.68. The zero-order valence-corrected chi connectivity index (χ0v) is 14.5. The van der Waals surface area contributed by atoms with E-state index < -0.39 is 0 Å². The van der Waals surface area contributed by atoms with E-state index in [1.165, 1.54) is 0 Å². The van der Waals surface area contributed by atoms with E-state index in [9.17, 15) is 9.90 Å². The molecule has 1 N–H and O–H groups in total. The third-order valence-electron chi connectivity index (χ3n) is 4.55. The van der Waals surface area contributed by atoms with E-state index in [-0.39, 0.29) is 11.7 Å². The van der Waals surface area contributed by atoms with Crippen LogP contribution in [0.4, 0.5) is 0 Å². The van der Waals surface area contributed by atoms with Gasteiger partial charge in [-0.15, -0.1) is 5.10 Å². The molecule has 1 aliphatic carbocycles. The molecule has 132 valence electrons. The molecule has 0 saturated heterocycles. The van der Waals surface area contributed by atoms with E-state index in [0.29, 0.717) is 18.2 Å². The number of phenols is 1. The quantitative estimate of drug-likeness (QED) is 0.769. The number of rotatable bonds is 5. The maximum atomic E-state index is 13.0. The lowest BCUT2D eigenvalue weighted by atomic mass is 10.1. The molecule has 1 aliphatic rings. The van der Waals surface area contributed by atoms with Crippen molar-refractivity contribution in [3.05, 3.63) is 71.5 Å². The number of carbonyl (C=O) groups excluding carboxylic acids is 1. The fraction of sp³-hybridized carbons (Fsp3) is 0.250. The summed E-state index contributed by atoms with van der Waals surface area (Å²) in [6.07, 6.45) is 2.10. The highest BCUT2D eigenvalue weighted by molar-refractivity contribution is 5.93. The molecule has 0 aliphatic heterocycles. The maximum Gasteiger partial charge on any atom is 0.276 e. The number of hydrogen-bond donors (Lipinski definition) is 1. The van der Waals surface area contributed by atoms with Crippen molar-refractivity contribution in [3.63, 3.8) is 0 Å². The number of hydrogen-bond acceptors (Lipinski definition) is 4. The molecule has 0 radical (unpaired) electrons. The molecule has 6 heteroatoms. The highest BCUT2D eigenvalue weighted by atomic mass is 16.3. The van der Waals surface area contributed by atoms with Gasteiger partial charge in [0, 0.05) is 19.5 Å². The second-order valence-electron chi connectivity index (χ2n) is 6.68. The Morgan fingerprint density at radius 2 is 1.96 bits per heavy atom. The minimum Gasteiger partial charge on any atom is -0.508 e. The standard InChI is InChI=1S/C20H20N4O2/c1-23(13-14-6-5-9-17(25)12-14)20(26)18-19(15-10-11-15)24(22-21-18)16-7-3-2-4-8-16/h2-9,12,15,25H,10-11,13H2,1H3. The molecule has 6 nitrogen and oxygen atoms in total. The predicted octanol–water partition coefficient (Wildman–Crippen LogP) is 3.12. The minimum atomic E-state index is -0.155. The molecular formula is C20H20N4O2. The number of carbonyl (C=O) groups is 1. The molecule has 0 bridgehead atoms. The number of aromatic nitrogens is 3. The summed E-state index contributed by atoms with van der Waals surface area (Å²) in [4.78, 5) is 14.6. The average Bonchev–Trinajstić information content (AvgIpc) is 3.40. The van der Waals surface area contributed by atoms with Crippen LogP contribution in [0.1, 0.15) is 40.5 Å². The molecule has 0 spiro atoms. The first kappa shape index (κ1) is 16.3. The molecule has 0 atom stereocenters. The first-order valence-electron chi connectivity index (χ1n) is 8.68. The summed E-state index contributed by atoms with van der Waals surface area (Å²) in [7, 11) is 1.74. The van der Waals surface area contributed by atoms with Crippen molar-refractivity contribution < 1.29 is 9.90 Å². The number of amides is 1. The summed E-state index contributed by atoms with van der Waals surface area (Å²) < 4.78 is 1.78. The lowest BCUT2D eigenvalue weighted by Gasteiger charge is -2.17. The summed E-state index contributed by atoms with van der Waals surface area (Å²) in [6, 6.07) is 16.7. The highest BCUT2D eigenvalue weighted by Crippen LogP contribution is 2.42. The summed E-state index contributed by atoms with van der Waals surface area (Å²) in [5.74, 6) is 0.368. The molecule has 4 rings (SSSR count). The van der Waals surface area contributed by atoms with Gasteiger partial charge >= 0.3 is 0 Å². The van der Waals surface area contributed by atoms with Gasteiger partial charge in [-0.05, 0) is 42.7 Å². The summed E-state index contributed by atoms with van der Waals surface area (Å²) in [5, 5.41) is 18.1. The van der Waals surface area contributed by atoms with Crippen molar-refractivity contribution in [2.45, 2.75) is 25.3 Å². The molecule has 1 fully saturated rings. The zero-order chi connectivity index (χ0) is 18.1. The van der Waals surface area contributed by atoms with Gasteiger partial charge in [0.25, 0.3) is 5.91 Å². The molecule has 26 heavy (non-hydrogen) atoms. The first-order chi connectivity index (χ1) is 12.6. The lowest BCUT2D eigenvalue weighted by molar-refractivity contribution is 0.0778. The Kier molecular flexibility index (Phi) is 4.16. The Bertz CT molecular complexity index is 932. The van der Waals surface area contributed by atoms with Gasteiger partial charge in [0.2, 0.25) is 0 Å². The van der Waals surface area contributed by atoms with Gasteiger partial charge in [0.15, 0.2) is 5.69 Å². The molecule has 1 amide bonds. The number of aromatic hydroxyl groups is 1. The van der Waals surface area contributed by atoms with E-state index in [0.717, 1.165) is 29.8 Å². The van der Waals surface area contributed by atoms with E-state index >= 15 is 0 Å². The fourth-order valence-electron chi connectivity index (χ4n) is 3.11. The number of benzene rings is 2. The second kappa shape index (κ2) is 6.63. The molecule has 1 heterocycles. The minimum absolute atomic E-state index is 0.155. The van der Waals surface area contributed by atoms with Gasteiger partial charge in [-0.3, -0.25) is 4.79 Å². The van der Waals surface area contributed by atoms with Crippen LogP contribution in [-0.2, 0) is 6.54 Å². The molecule has 3 aromatic rings. The Morgan fingerprint density at radius 3 is 2.65 bits per heavy atom. The van der Waals surface area contributed by atoms with Crippen LogP contribution < -0.4 is 0 Å². The SMILES string of the molecule is CN(Cc1cccc(O)c1)C(=O)c1nnn(-c2ccccc2)c1C1CC1. The molecular weight excluding hydrogens is 328 g/mol. The van der Waals surface area contributed by atoms with Gasteiger partial charge < -0.3 is 10.0 Å². The maximum absolute atomic E-state index is 13.0.